The van der Waals surface area contributed by atoms with Gasteiger partial charge < -0.3 is 12.9 Å². The summed E-state index contributed by atoms with van der Waals surface area (Å²) in [7, 11) is 0. The fourth-order valence-corrected chi connectivity index (χ4v) is 1.27. The van der Waals surface area contributed by atoms with E-state index < -0.39 is 23.0 Å². The molecule has 0 saturated carbocycles. The summed E-state index contributed by atoms with van der Waals surface area (Å²) in [5.41, 5.74) is -1.44. The number of hydrogen-bond acceptors (Lipinski definition) is 1. The molecule has 0 aliphatic rings. The molecule has 0 N–H and O–H groups in total. The van der Waals surface area contributed by atoms with E-state index in [4.69, 9.17) is 16.9 Å². The monoisotopic (exact) mass is 204 g/mol. The molecule has 0 bridgehead atoms. The van der Waals surface area contributed by atoms with E-state index in [1.54, 1.807) is 0 Å². The van der Waals surface area contributed by atoms with E-state index in [1.165, 1.54) is 12.1 Å². The lowest BCUT2D eigenvalue weighted by Gasteiger charge is -2.17. The van der Waals surface area contributed by atoms with Crippen LogP contribution in [0.1, 0.15) is 5.56 Å². The van der Waals surface area contributed by atoms with E-state index >= 15 is 0 Å². The van der Waals surface area contributed by atoms with Gasteiger partial charge in [-0.3, -0.25) is 0 Å². The second-order valence-electron chi connectivity index (χ2n) is 2.39. The lowest BCUT2D eigenvalue weighted by molar-refractivity contribution is 0.501. The minimum absolute atomic E-state index is 0.424. The van der Waals surface area contributed by atoms with Crippen molar-refractivity contribution >= 4 is 24.0 Å². The maximum atomic E-state index is 12.3. The Kier molecular flexibility index (Phi) is 2.53. The van der Waals surface area contributed by atoms with Gasteiger partial charge in [-0.05, 0) is 12.1 Å². The molecule has 1 rings (SSSR count). The zero-order chi connectivity index (χ0) is 10.1. The first-order valence-electron chi connectivity index (χ1n) is 3.35. The van der Waals surface area contributed by atoms with E-state index in [1.807, 2.05) is 0 Å². The first-order chi connectivity index (χ1) is 5.96. The molecule has 1 aromatic carbocycles. The summed E-state index contributed by atoms with van der Waals surface area (Å²) in [6, 6.07) is 4.98. The number of benzene rings is 1. The normalized spacial score (nSPS) is 11.0. The van der Waals surface area contributed by atoms with Crippen LogP contribution in [0.15, 0.2) is 18.2 Å². The number of hydrogen-bond donors (Lipinski definition) is 0. The molecule has 0 aliphatic heterocycles. The molecule has 68 valence electrons. The second-order valence-corrected chi connectivity index (χ2v) is 2.79. The van der Waals surface area contributed by atoms with Gasteiger partial charge in [0.25, 0.3) is 0 Å². The lowest BCUT2D eigenvalue weighted by Crippen LogP contribution is -2.37. The van der Waals surface area contributed by atoms with Crippen molar-refractivity contribution in [3.63, 3.8) is 0 Å². The van der Waals surface area contributed by atoms with E-state index in [2.05, 4.69) is 0 Å². The van der Waals surface area contributed by atoms with Crippen molar-refractivity contribution in [3.8, 4) is 6.07 Å². The van der Waals surface area contributed by atoms with Gasteiger partial charge in [-0.2, -0.15) is 5.26 Å². The highest BCUT2D eigenvalue weighted by Gasteiger charge is 2.30. The number of nitriles is 1. The maximum absolute atomic E-state index is 12.3. The molecule has 0 aliphatic carbocycles. The Morgan fingerprint density at radius 3 is 2.31 bits per heavy atom. The van der Waals surface area contributed by atoms with Gasteiger partial charge in [0.2, 0.25) is 0 Å². The van der Waals surface area contributed by atoms with E-state index in [0.29, 0.717) is 0 Å². The maximum Gasteiger partial charge on any atom is 0.512 e. The predicted molar refractivity (Wildman–Crippen MR) is 44.9 cm³/mol. The van der Waals surface area contributed by atoms with Gasteiger partial charge in [0, 0.05) is 10.6 Å². The second kappa shape index (κ2) is 3.31. The quantitative estimate of drug-likeness (QED) is 0.644. The summed E-state index contributed by atoms with van der Waals surface area (Å²) in [6.45, 7) is -5.22. The van der Waals surface area contributed by atoms with E-state index in [-0.39, 0.29) is 0 Å². The minimum atomic E-state index is -5.22. The zero-order valence-corrected chi connectivity index (χ0v) is 7.02. The van der Waals surface area contributed by atoms with Crippen LogP contribution in [0, 0.1) is 11.3 Å². The van der Waals surface area contributed by atoms with Crippen LogP contribution in [0.4, 0.5) is 12.9 Å². The molecule has 0 fully saturated rings. The number of halogens is 4. The summed E-state index contributed by atoms with van der Waals surface area (Å²) >= 11 is 5.34. The molecular weight excluding hydrogens is 201 g/mol. The molecule has 0 spiro atoms. The highest BCUT2D eigenvalue weighted by molar-refractivity contribution is 6.76. The van der Waals surface area contributed by atoms with E-state index in [0.717, 1.165) is 12.1 Å². The molecule has 6 heteroatoms. The molecule has 1 aromatic rings. The largest absolute Gasteiger partial charge is 0.512 e. The van der Waals surface area contributed by atoms with Crippen LogP contribution in [0.25, 0.3) is 0 Å². The van der Waals surface area contributed by atoms with Gasteiger partial charge in [-0.1, -0.05) is 23.1 Å². The minimum Gasteiger partial charge on any atom is -0.445 e. The van der Waals surface area contributed by atoms with Crippen molar-refractivity contribution in [2.45, 2.75) is 0 Å². The number of rotatable bonds is 1. The van der Waals surface area contributed by atoms with Gasteiger partial charge in [0.15, 0.2) is 0 Å². The summed E-state index contributed by atoms with van der Waals surface area (Å²) in [5.74, 6) is 0. The molecule has 0 unspecified atom stereocenters. The van der Waals surface area contributed by atoms with Gasteiger partial charge in [0.1, 0.15) is 0 Å². The third-order valence-corrected chi connectivity index (χ3v) is 1.83. The third-order valence-electron chi connectivity index (χ3n) is 1.50. The fourth-order valence-electron chi connectivity index (χ4n) is 0.967. The van der Waals surface area contributed by atoms with Crippen molar-refractivity contribution in [1.29, 1.82) is 5.26 Å². The topological polar surface area (TPSA) is 23.8 Å². The van der Waals surface area contributed by atoms with Crippen molar-refractivity contribution in [1.82, 2.24) is 0 Å². The SMILES string of the molecule is N#Cc1cccc(Cl)c1[B-](F)(F)F. The Labute approximate surface area is 77.8 Å². The molecular formula is C7H3BClF3N-. The summed E-state index contributed by atoms with van der Waals surface area (Å²) < 4.78 is 37.0. The van der Waals surface area contributed by atoms with Crippen molar-refractivity contribution in [3.05, 3.63) is 28.8 Å². The average Bonchev–Trinajstić information content (AvgIpc) is 2.01. The standard InChI is InChI=1S/C7H3BClF3N/c9-6-3-1-2-5(4-13)7(6)8(10,11)12/h1-3H/q-1. The fraction of sp³-hybridized carbons (Fsp3) is 0. The molecule has 0 amide bonds. The van der Waals surface area contributed by atoms with Crippen LogP contribution in [0.2, 0.25) is 5.02 Å². The molecule has 0 saturated heterocycles. The van der Waals surface area contributed by atoms with Crippen LogP contribution in [0.5, 0.6) is 0 Å². The third kappa shape index (κ3) is 1.96. The predicted octanol–water partition coefficient (Wildman–Crippen LogP) is 2.27. The summed E-state index contributed by atoms with van der Waals surface area (Å²) in [4.78, 5) is 0. The zero-order valence-electron chi connectivity index (χ0n) is 6.27. The van der Waals surface area contributed by atoms with Crippen molar-refractivity contribution in [2.75, 3.05) is 0 Å². The lowest BCUT2D eigenvalue weighted by atomic mass is 9.77. The van der Waals surface area contributed by atoms with Gasteiger partial charge >= 0.3 is 6.98 Å². The summed E-state index contributed by atoms with van der Waals surface area (Å²) in [5, 5.41) is 7.98. The number of nitrogens with zero attached hydrogens (tertiary/aromatic N) is 1. The van der Waals surface area contributed by atoms with Crippen LogP contribution < -0.4 is 5.46 Å². The van der Waals surface area contributed by atoms with Crippen molar-refractivity contribution in [2.24, 2.45) is 0 Å². The molecule has 0 aromatic heterocycles. The Morgan fingerprint density at radius 1 is 1.31 bits per heavy atom. The van der Waals surface area contributed by atoms with Gasteiger partial charge in [0.05, 0.1) is 6.07 Å². The highest BCUT2D eigenvalue weighted by atomic mass is 35.5. The first-order valence-corrected chi connectivity index (χ1v) is 3.73. The van der Waals surface area contributed by atoms with Crippen LogP contribution in [0.3, 0.4) is 0 Å². The highest BCUT2D eigenvalue weighted by Crippen LogP contribution is 2.18. The molecule has 0 atom stereocenters. The molecule has 1 nitrogen and oxygen atoms in total. The Morgan fingerprint density at radius 2 is 1.92 bits per heavy atom. The Balaban J connectivity index is 3.43. The van der Waals surface area contributed by atoms with Crippen LogP contribution in [-0.4, -0.2) is 6.98 Å². The van der Waals surface area contributed by atoms with Gasteiger partial charge in [-0.15, -0.1) is 0 Å². The molecule has 13 heavy (non-hydrogen) atoms. The Bertz CT molecular complexity index is 369. The Hall–Kier alpha value is -1.15. The van der Waals surface area contributed by atoms with Gasteiger partial charge in [-0.25, -0.2) is 0 Å². The van der Waals surface area contributed by atoms with Crippen LogP contribution >= 0.6 is 11.6 Å². The van der Waals surface area contributed by atoms with Crippen LogP contribution in [-0.2, 0) is 0 Å². The summed E-state index contributed by atoms with van der Waals surface area (Å²) in [6.07, 6.45) is 0. The average molecular weight is 204 g/mol. The molecule has 0 radical (unpaired) electrons. The first kappa shape index (κ1) is 9.94. The van der Waals surface area contributed by atoms with E-state index in [9.17, 15) is 12.9 Å². The van der Waals surface area contributed by atoms with Crippen molar-refractivity contribution < 1.29 is 12.9 Å². The smallest absolute Gasteiger partial charge is 0.445 e. The molecule has 0 heterocycles.